The highest BCUT2D eigenvalue weighted by atomic mass is 16.6. The molecule has 1 aliphatic heterocycles. The number of ether oxygens (including phenoxy) is 1. The number of hydrogen-bond donors (Lipinski definition) is 2. The molecular weight excluding hydrogens is 416 g/mol. The molecule has 1 aliphatic rings. The maximum Gasteiger partial charge on any atom is 0.295 e. The second-order valence-corrected chi connectivity index (χ2v) is 7.29. The summed E-state index contributed by atoms with van der Waals surface area (Å²) in [6, 6.07) is 11.2. The number of nitrogens with zero attached hydrogens (tertiary/aromatic N) is 2. The molecule has 0 spiro atoms. The largest absolute Gasteiger partial charge is 0.507 e. The summed E-state index contributed by atoms with van der Waals surface area (Å²) < 4.78 is 5.62. The van der Waals surface area contributed by atoms with E-state index >= 15 is 0 Å². The molecule has 0 aliphatic carbocycles. The number of benzene rings is 2. The van der Waals surface area contributed by atoms with E-state index in [9.17, 15) is 24.8 Å². The lowest BCUT2D eigenvalue weighted by molar-refractivity contribution is -0.384. The Bertz CT molecular complexity index is 1050. The third-order valence-electron chi connectivity index (χ3n) is 5.10. The van der Waals surface area contributed by atoms with E-state index in [4.69, 9.17) is 9.84 Å². The van der Waals surface area contributed by atoms with Crippen LogP contribution in [-0.2, 0) is 9.59 Å². The minimum Gasteiger partial charge on any atom is -0.507 e. The van der Waals surface area contributed by atoms with Crippen molar-refractivity contribution in [1.29, 1.82) is 0 Å². The van der Waals surface area contributed by atoms with Crippen LogP contribution in [0.4, 0.5) is 5.69 Å². The van der Waals surface area contributed by atoms with Crippen molar-refractivity contribution in [2.45, 2.75) is 25.8 Å². The molecule has 0 saturated carbocycles. The van der Waals surface area contributed by atoms with Crippen molar-refractivity contribution < 1.29 is 29.5 Å². The molecule has 0 bridgehead atoms. The summed E-state index contributed by atoms with van der Waals surface area (Å²) in [5.74, 6) is -1.42. The molecule has 168 valence electrons. The van der Waals surface area contributed by atoms with Crippen molar-refractivity contribution in [2.75, 3.05) is 19.8 Å². The van der Waals surface area contributed by atoms with Gasteiger partial charge in [-0.15, -0.1) is 0 Å². The summed E-state index contributed by atoms with van der Waals surface area (Å²) in [5, 5.41) is 30.8. The van der Waals surface area contributed by atoms with Crippen LogP contribution in [0.3, 0.4) is 0 Å². The van der Waals surface area contributed by atoms with Gasteiger partial charge in [-0.3, -0.25) is 19.7 Å². The van der Waals surface area contributed by atoms with Crippen LogP contribution in [-0.4, -0.2) is 51.5 Å². The summed E-state index contributed by atoms with van der Waals surface area (Å²) in [4.78, 5) is 37.4. The highest BCUT2D eigenvalue weighted by Gasteiger charge is 2.45. The van der Waals surface area contributed by atoms with E-state index in [0.29, 0.717) is 37.3 Å². The van der Waals surface area contributed by atoms with Crippen LogP contribution in [0.1, 0.15) is 36.9 Å². The fourth-order valence-corrected chi connectivity index (χ4v) is 3.62. The van der Waals surface area contributed by atoms with Crippen LogP contribution in [0.5, 0.6) is 5.75 Å². The van der Waals surface area contributed by atoms with Gasteiger partial charge in [0.05, 0.1) is 23.1 Å². The van der Waals surface area contributed by atoms with Gasteiger partial charge < -0.3 is 19.8 Å². The Kier molecular flexibility index (Phi) is 7.21. The number of ketones is 1. The summed E-state index contributed by atoms with van der Waals surface area (Å²) >= 11 is 0. The lowest BCUT2D eigenvalue weighted by Gasteiger charge is -2.25. The topological polar surface area (TPSA) is 130 Å². The zero-order valence-corrected chi connectivity index (χ0v) is 17.6. The highest BCUT2D eigenvalue weighted by Crippen LogP contribution is 2.40. The first-order chi connectivity index (χ1) is 15.4. The van der Waals surface area contributed by atoms with Gasteiger partial charge in [0, 0.05) is 37.3 Å². The van der Waals surface area contributed by atoms with Crippen LogP contribution >= 0.6 is 0 Å². The van der Waals surface area contributed by atoms with Gasteiger partial charge in [0.15, 0.2) is 0 Å². The number of aliphatic hydroxyl groups is 2. The fourth-order valence-electron chi connectivity index (χ4n) is 3.62. The first-order valence-corrected chi connectivity index (χ1v) is 10.3. The van der Waals surface area contributed by atoms with Crippen molar-refractivity contribution in [3.8, 4) is 5.75 Å². The summed E-state index contributed by atoms with van der Waals surface area (Å²) in [5.41, 5.74) is 0.551. The number of nitro groups is 1. The predicted molar refractivity (Wildman–Crippen MR) is 116 cm³/mol. The number of carbonyl (C=O) groups is 2. The molecule has 0 radical (unpaired) electrons. The number of non-ortho nitro benzene ring substituents is 1. The third kappa shape index (κ3) is 4.62. The molecule has 3 rings (SSSR count). The van der Waals surface area contributed by atoms with Crippen molar-refractivity contribution in [1.82, 2.24) is 4.90 Å². The van der Waals surface area contributed by atoms with Crippen LogP contribution in [0.15, 0.2) is 54.1 Å². The van der Waals surface area contributed by atoms with Gasteiger partial charge in [0.25, 0.3) is 17.4 Å². The van der Waals surface area contributed by atoms with Gasteiger partial charge in [-0.25, -0.2) is 0 Å². The molecule has 9 heteroatoms. The smallest absolute Gasteiger partial charge is 0.295 e. The van der Waals surface area contributed by atoms with Crippen LogP contribution in [0.25, 0.3) is 5.76 Å². The average Bonchev–Trinajstić information content (AvgIpc) is 3.04. The maximum atomic E-state index is 12.9. The Morgan fingerprint density at radius 3 is 2.53 bits per heavy atom. The molecule has 32 heavy (non-hydrogen) atoms. The second-order valence-electron chi connectivity index (χ2n) is 7.29. The number of nitro benzene ring substituents is 1. The molecule has 2 N–H and O–H groups in total. The number of carbonyl (C=O) groups excluding carboxylic acids is 2. The van der Waals surface area contributed by atoms with Crippen molar-refractivity contribution >= 4 is 23.1 Å². The van der Waals surface area contributed by atoms with E-state index in [2.05, 4.69) is 0 Å². The number of hydrogen-bond acceptors (Lipinski definition) is 7. The molecule has 1 amide bonds. The average molecular weight is 440 g/mol. The van der Waals surface area contributed by atoms with Crippen LogP contribution in [0, 0.1) is 10.1 Å². The fraction of sp³-hybridized carbons (Fsp3) is 0.304. The van der Waals surface area contributed by atoms with Crippen LogP contribution < -0.4 is 4.74 Å². The standard InChI is InChI=1S/C23H24N2O7/c1-2-11-24-20(16-5-3-6-18(14-16)32-13-4-12-26)19(22(28)23(24)29)21(27)15-7-9-17(10-8-15)25(30)31/h3,5-10,14,20,26-27H,2,4,11-13H2,1H3/b21-19+. The number of Topliss-reactive ketones (excluding diaryl/α,β-unsaturated/α-hetero) is 1. The Hall–Kier alpha value is -3.72. The maximum absolute atomic E-state index is 12.9. The molecule has 0 aromatic heterocycles. The Balaban J connectivity index is 2.07. The minimum atomic E-state index is -0.827. The van der Waals surface area contributed by atoms with Gasteiger partial charge in [0.1, 0.15) is 11.5 Å². The molecule has 1 fully saturated rings. The van der Waals surface area contributed by atoms with E-state index in [1.54, 1.807) is 24.3 Å². The van der Waals surface area contributed by atoms with Gasteiger partial charge in [-0.2, -0.15) is 0 Å². The molecular formula is C23H24N2O7. The number of likely N-dealkylation sites (tertiary alicyclic amines) is 1. The molecule has 2 aromatic carbocycles. The van der Waals surface area contributed by atoms with E-state index in [-0.39, 0.29) is 23.4 Å². The summed E-state index contributed by atoms with van der Waals surface area (Å²) in [6.45, 7) is 2.48. The Morgan fingerprint density at radius 2 is 1.91 bits per heavy atom. The highest BCUT2D eigenvalue weighted by molar-refractivity contribution is 6.46. The van der Waals surface area contributed by atoms with Crippen LogP contribution in [0.2, 0.25) is 0 Å². The molecule has 2 aromatic rings. The quantitative estimate of drug-likeness (QED) is 0.153. The van der Waals surface area contributed by atoms with E-state index in [1.165, 1.54) is 29.2 Å². The van der Waals surface area contributed by atoms with Gasteiger partial charge in [-0.05, 0) is 36.2 Å². The van der Waals surface area contributed by atoms with E-state index in [1.807, 2.05) is 6.92 Å². The van der Waals surface area contributed by atoms with E-state index in [0.717, 1.165) is 0 Å². The lowest BCUT2D eigenvalue weighted by atomic mass is 9.95. The molecule has 1 atom stereocenters. The lowest BCUT2D eigenvalue weighted by Crippen LogP contribution is -2.30. The van der Waals surface area contributed by atoms with Crippen molar-refractivity contribution in [3.63, 3.8) is 0 Å². The third-order valence-corrected chi connectivity index (χ3v) is 5.10. The first kappa shape index (κ1) is 23.0. The first-order valence-electron chi connectivity index (χ1n) is 10.3. The monoisotopic (exact) mass is 440 g/mol. The molecule has 1 saturated heterocycles. The zero-order chi connectivity index (χ0) is 23.3. The Labute approximate surface area is 184 Å². The normalized spacial score (nSPS) is 17.6. The zero-order valence-electron chi connectivity index (χ0n) is 17.6. The number of amides is 1. The number of aliphatic hydroxyl groups excluding tert-OH is 2. The molecule has 9 nitrogen and oxygen atoms in total. The van der Waals surface area contributed by atoms with Gasteiger partial charge in [0.2, 0.25) is 0 Å². The van der Waals surface area contributed by atoms with Gasteiger partial charge in [-0.1, -0.05) is 19.1 Å². The minimum absolute atomic E-state index is 0.00834. The number of rotatable bonds is 9. The predicted octanol–water partition coefficient (Wildman–Crippen LogP) is 3.19. The summed E-state index contributed by atoms with van der Waals surface area (Å²) in [7, 11) is 0. The Morgan fingerprint density at radius 1 is 1.19 bits per heavy atom. The van der Waals surface area contributed by atoms with Crippen molar-refractivity contribution in [3.05, 3.63) is 75.3 Å². The van der Waals surface area contributed by atoms with E-state index < -0.39 is 28.4 Å². The molecule has 1 heterocycles. The second kappa shape index (κ2) is 10.1. The SMILES string of the molecule is CCCN1C(=O)C(=O)/C(=C(/O)c2ccc([N+](=O)[O-])cc2)C1c1cccc(OCCCO)c1. The molecule has 1 unspecified atom stereocenters. The van der Waals surface area contributed by atoms with Crippen molar-refractivity contribution in [2.24, 2.45) is 0 Å². The van der Waals surface area contributed by atoms with Gasteiger partial charge >= 0.3 is 0 Å². The summed E-state index contributed by atoms with van der Waals surface area (Å²) in [6.07, 6.45) is 1.06.